The Morgan fingerprint density at radius 2 is 1.79 bits per heavy atom. The average Bonchev–Trinajstić information content (AvgIpc) is 2.86. The zero-order valence-corrected chi connectivity index (χ0v) is 14.8. The predicted octanol–water partition coefficient (Wildman–Crippen LogP) is 3.47. The van der Waals surface area contributed by atoms with Crippen LogP contribution in [0.15, 0.2) is 30.3 Å². The second kappa shape index (κ2) is 7.34. The molecule has 0 spiro atoms. The maximum atomic E-state index is 13.0. The molecule has 0 radical (unpaired) electrons. The Bertz CT molecular complexity index is 733. The number of benzene rings is 1. The smallest absolute Gasteiger partial charge is 0.339 e. The zero-order chi connectivity index (χ0) is 17.9. The quantitative estimate of drug-likeness (QED) is 0.855. The Morgan fingerprint density at radius 3 is 2.33 bits per heavy atom. The SMILES string of the molecule is COC(=O)c1c(C)[nH]c(C(=O)N(Cc2ccccc2)C(C)C)c1C. The molecule has 1 aromatic carbocycles. The molecule has 1 N–H and O–H groups in total. The van der Waals surface area contributed by atoms with Crippen molar-refractivity contribution < 1.29 is 14.3 Å². The number of hydrogen-bond acceptors (Lipinski definition) is 3. The van der Waals surface area contributed by atoms with E-state index in [1.165, 1.54) is 7.11 Å². The Morgan fingerprint density at radius 1 is 1.17 bits per heavy atom. The molecule has 128 valence electrons. The molecule has 0 aliphatic carbocycles. The number of nitrogens with one attached hydrogen (secondary N) is 1. The molecule has 0 saturated carbocycles. The fourth-order valence-electron chi connectivity index (χ4n) is 2.78. The van der Waals surface area contributed by atoms with Gasteiger partial charge in [0.2, 0.25) is 0 Å². The van der Waals surface area contributed by atoms with Crippen LogP contribution in [0.4, 0.5) is 0 Å². The predicted molar refractivity (Wildman–Crippen MR) is 93.1 cm³/mol. The lowest BCUT2D eigenvalue weighted by Gasteiger charge is -2.27. The summed E-state index contributed by atoms with van der Waals surface area (Å²) in [5, 5.41) is 0. The van der Waals surface area contributed by atoms with Gasteiger partial charge in [-0.05, 0) is 38.8 Å². The third-order valence-electron chi connectivity index (χ3n) is 4.12. The molecule has 2 rings (SSSR count). The van der Waals surface area contributed by atoms with Crippen LogP contribution in [0.5, 0.6) is 0 Å². The van der Waals surface area contributed by atoms with Crippen molar-refractivity contribution in [3.8, 4) is 0 Å². The number of ether oxygens (including phenoxy) is 1. The number of hydrogen-bond donors (Lipinski definition) is 1. The lowest BCUT2D eigenvalue weighted by molar-refractivity contribution is 0.0599. The number of carbonyl (C=O) groups excluding carboxylic acids is 2. The van der Waals surface area contributed by atoms with Crippen molar-refractivity contribution in [3.05, 3.63) is 58.4 Å². The molecule has 0 aliphatic heterocycles. The van der Waals surface area contributed by atoms with E-state index in [0.29, 0.717) is 29.1 Å². The summed E-state index contributed by atoms with van der Waals surface area (Å²) >= 11 is 0. The molecule has 0 aliphatic rings. The third kappa shape index (κ3) is 3.50. The summed E-state index contributed by atoms with van der Waals surface area (Å²) in [6, 6.07) is 9.88. The van der Waals surface area contributed by atoms with E-state index in [-0.39, 0.29) is 11.9 Å². The maximum absolute atomic E-state index is 13.0. The molecule has 2 aromatic rings. The van der Waals surface area contributed by atoms with Gasteiger partial charge in [-0.1, -0.05) is 30.3 Å². The molecule has 24 heavy (non-hydrogen) atoms. The van der Waals surface area contributed by atoms with E-state index in [0.717, 1.165) is 5.56 Å². The number of aromatic nitrogens is 1. The zero-order valence-electron chi connectivity index (χ0n) is 14.8. The van der Waals surface area contributed by atoms with Gasteiger partial charge in [-0.25, -0.2) is 4.79 Å². The van der Waals surface area contributed by atoms with Crippen molar-refractivity contribution in [2.45, 2.75) is 40.3 Å². The molecule has 0 atom stereocenters. The van der Waals surface area contributed by atoms with E-state index in [1.54, 1.807) is 18.7 Å². The molecule has 0 bridgehead atoms. The third-order valence-corrected chi connectivity index (χ3v) is 4.12. The van der Waals surface area contributed by atoms with Crippen LogP contribution in [-0.2, 0) is 11.3 Å². The molecule has 1 aromatic heterocycles. The molecule has 1 amide bonds. The second-order valence-electron chi connectivity index (χ2n) is 6.13. The number of aryl methyl sites for hydroxylation is 1. The first-order chi connectivity index (χ1) is 11.4. The summed E-state index contributed by atoms with van der Waals surface area (Å²) in [5.74, 6) is -0.552. The van der Waals surface area contributed by atoms with E-state index in [9.17, 15) is 9.59 Å². The highest BCUT2D eigenvalue weighted by Gasteiger charge is 2.27. The Labute approximate surface area is 142 Å². The van der Waals surface area contributed by atoms with Gasteiger partial charge in [0, 0.05) is 18.3 Å². The van der Waals surface area contributed by atoms with Crippen LogP contribution in [0.2, 0.25) is 0 Å². The van der Waals surface area contributed by atoms with Crippen LogP contribution < -0.4 is 0 Å². The van der Waals surface area contributed by atoms with Gasteiger partial charge in [-0.2, -0.15) is 0 Å². The van der Waals surface area contributed by atoms with Gasteiger partial charge < -0.3 is 14.6 Å². The minimum absolute atomic E-state index is 0.0299. The van der Waals surface area contributed by atoms with Crippen molar-refractivity contribution in [2.75, 3.05) is 7.11 Å². The Hall–Kier alpha value is -2.56. The minimum Gasteiger partial charge on any atom is -0.465 e. The van der Waals surface area contributed by atoms with E-state index in [2.05, 4.69) is 4.98 Å². The molecule has 0 saturated heterocycles. The van der Waals surface area contributed by atoms with E-state index in [4.69, 9.17) is 4.74 Å². The number of carbonyl (C=O) groups is 2. The number of rotatable bonds is 5. The van der Waals surface area contributed by atoms with Gasteiger partial charge in [-0.15, -0.1) is 0 Å². The van der Waals surface area contributed by atoms with E-state index >= 15 is 0 Å². The van der Waals surface area contributed by atoms with Crippen molar-refractivity contribution in [1.82, 2.24) is 9.88 Å². The highest BCUT2D eigenvalue weighted by molar-refractivity contribution is 6.00. The average molecular weight is 328 g/mol. The molecule has 0 fully saturated rings. The number of methoxy groups -OCH3 is 1. The summed E-state index contributed by atoms with van der Waals surface area (Å²) in [6.45, 7) is 8.01. The van der Waals surface area contributed by atoms with Gasteiger partial charge in [0.1, 0.15) is 5.69 Å². The van der Waals surface area contributed by atoms with Crippen LogP contribution in [0.3, 0.4) is 0 Å². The summed E-state index contributed by atoms with van der Waals surface area (Å²) in [7, 11) is 1.34. The normalized spacial score (nSPS) is 10.8. The van der Waals surface area contributed by atoms with Gasteiger partial charge >= 0.3 is 5.97 Å². The van der Waals surface area contributed by atoms with Crippen molar-refractivity contribution in [3.63, 3.8) is 0 Å². The van der Waals surface area contributed by atoms with Gasteiger partial charge in [0.05, 0.1) is 12.7 Å². The van der Waals surface area contributed by atoms with Gasteiger partial charge in [0.25, 0.3) is 5.91 Å². The molecule has 0 unspecified atom stereocenters. The topological polar surface area (TPSA) is 62.4 Å². The van der Waals surface area contributed by atoms with E-state index < -0.39 is 5.97 Å². The van der Waals surface area contributed by atoms with Crippen molar-refractivity contribution >= 4 is 11.9 Å². The fraction of sp³-hybridized carbons (Fsp3) is 0.368. The number of amides is 1. The molecule has 5 nitrogen and oxygen atoms in total. The van der Waals surface area contributed by atoms with E-state index in [1.807, 2.05) is 44.2 Å². The first-order valence-corrected chi connectivity index (χ1v) is 7.99. The number of esters is 1. The van der Waals surface area contributed by atoms with Crippen LogP contribution >= 0.6 is 0 Å². The number of H-pyrrole nitrogens is 1. The lowest BCUT2D eigenvalue weighted by Crippen LogP contribution is -2.37. The first-order valence-electron chi connectivity index (χ1n) is 7.99. The van der Waals surface area contributed by atoms with Crippen LogP contribution in [0.1, 0.15) is 51.5 Å². The molecule has 5 heteroatoms. The van der Waals surface area contributed by atoms with Crippen molar-refractivity contribution in [1.29, 1.82) is 0 Å². The standard InChI is InChI=1S/C19H24N2O3/c1-12(2)21(11-15-9-7-6-8-10-15)18(22)17-13(3)16(14(4)20-17)19(23)24-5/h6-10,12,20H,11H2,1-5H3. The lowest BCUT2D eigenvalue weighted by atomic mass is 10.1. The van der Waals surface area contributed by atoms with Gasteiger partial charge in [-0.3, -0.25) is 4.79 Å². The largest absolute Gasteiger partial charge is 0.465 e. The van der Waals surface area contributed by atoms with Gasteiger partial charge in [0.15, 0.2) is 0 Å². The maximum Gasteiger partial charge on any atom is 0.339 e. The monoisotopic (exact) mass is 328 g/mol. The van der Waals surface area contributed by atoms with Crippen molar-refractivity contribution in [2.24, 2.45) is 0 Å². The minimum atomic E-state index is -0.431. The first kappa shape index (κ1) is 17.8. The van der Waals surface area contributed by atoms with Crippen LogP contribution in [0.25, 0.3) is 0 Å². The fourth-order valence-corrected chi connectivity index (χ4v) is 2.78. The molecule has 1 heterocycles. The summed E-state index contributed by atoms with van der Waals surface area (Å²) in [4.78, 5) is 29.8. The summed E-state index contributed by atoms with van der Waals surface area (Å²) in [6.07, 6.45) is 0. The number of nitrogens with zero attached hydrogens (tertiary/aromatic N) is 1. The number of aromatic amines is 1. The highest BCUT2D eigenvalue weighted by Crippen LogP contribution is 2.22. The highest BCUT2D eigenvalue weighted by atomic mass is 16.5. The summed E-state index contributed by atoms with van der Waals surface area (Å²) in [5.41, 5.74) is 3.21. The molecular weight excluding hydrogens is 304 g/mol. The van der Waals surface area contributed by atoms with Crippen LogP contribution in [0, 0.1) is 13.8 Å². The summed E-state index contributed by atoms with van der Waals surface area (Å²) < 4.78 is 4.81. The Balaban J connectivity index is 2.36. The van der Waals surface area contributed by atoms with Crippen LogP contribution in [-0.4, -0.2) is 34.9 Å². The second-order valence-corrected chi connectivity index (χ2v) is 6.13. The Kier molecular flexibility index (Phi) is 5.44. The molecular formula is C19H24N2O3.